The van der Waals surface area contributed by atoms with Gasteiger partial charge in [-0.05, 0) is 72.3 Å². The number of quaternary nitrogens is 1. The largest absolute Gasteiger partial charge is 0.457 e. The maximum Gasteiger partial charge on any atom is 0.270 e. The van der Waals surface area contributed by atoms with E-state index >= 15 is 0 Å². The van der Waals surface area contributed by atoms with Crippen molar-refractivity contribution in [1.82, 2.24) is 19.8 Å². The molecule has 1 amide bonds. The average Bonchev–Trinajstić information content (AvgIpc) is 2.84. The van der Waals surface area contributed by atoms with Gasteiger partial charge in [0.1, 0.15) is 28.7 Å². The molecule has 0 aliphatic carbocycles. The molecule has 1 aromatic heterocycles. The van der Waals surface area contributed by atoms with E-state index in [1.165, 1.54) is 17.8 Å². The summed E-state index contributed by atoms with van der Waals surface area (Å²) in [5, 5.41) is 2.91. The first-order chi connectivity index (χ1) is 16.3. The minimum absolute atomic E-state index is 0.268. The van der Waals surface area contributed by atoms with Crippen LogP contribution in [0.15, 0.2) is 85.1 Å². The molecule has 4 aromatic rings. The fourth-order valence-corrected chi connectivity index (χ4v) is 3.27. The van der Waals surface area contributed by atoms with Gasteiger partial charge in [-0.25, -0.2) is 14.4 Å². The topological polar surface area (TPSA) is 64.1 Å². The van der Waals surface area contributed by atoms with E-state index in [9.17, 15) is 9.18 Å². The van der Waals surface area contributed by atoms with Gasteiger partial charge in [-0.2, -0.15) is 0 Å². The third-order valence-corrected chi connectivity index (χ3v) is 5.21. The van der Waals surface area contributed by atoms with E-state index in [0.29, 0.717) is 29.6 Å². The fraction of sp³-hybridized carbons (Fsp3) is 0.148. The molecule has 3 aromatic carbocycles. The molecule has 0 aliphatic rings. The van der Waals surface area contributed by atoms with Crippen LogP contribution >= 0.6 is 0 Å². The number of hydrogen-bond acceptors (Lipinski definition) is 4. The molecule has 172 valence electrons. The van der Waals surface area contributed by atoms with E-state index in [-0.39, 0.29) is 11.7 Å². The molecule has 0 bridgehead atoms. The lowest BCUT2D eigenvalue weighted by molar-refractivity contribution is 0.0946. The first kappa shape index (κ1) is 23.1. The van der Waals surface area contributed by atoms with Crippen LogP contribution in [0, 0.1) is 5.82 Å². The van der Waals surface area contributed by atoms with Gasteiger partial charge in [0.25, 0.3) is 5.91 Å². The number of halogens is 1. The number of rotatable bonds is 7. The number of carbonyl (C=O) groups excluding carboxylic acids is 1. The van der Waals surface area contributed by atoms with Gasteiger partial charge in [-0.3, -0.25) is 9.28 Å². The van der Waals surface area contributed by atoms with Crippen molar-refractivity contribution in [1.29, 1.82) is 0 Å². The Hall–Kier alpha value is -4.10. The molecule has 0 unspecified atom stereocenters. The second-order valence-electron chi connectivity index (χ2n) is 8.71. The van der Waals surface area contributed by atoms with Gasteiger partial charge in [0.15, 0.2) is 5.82 Å². The van der Waals surface area contributed by atoms with Gasteiger partial charge in [0, 0.05) is 18.3 Å². The van der Waals surface area contributed by atoms with Crippen molar-refractivity contribution in [2.45, 2.75) is 6.54 Å². The number of nitrogens with one attached hydrogen (secondary N) is 1. The SMILES string of the molecule is C[N+](C)(C)c1ccc(CNC(=O)c2ccnc(-c3ccc(Oc4ccc(F)cc4)cc3)n2)cc1. The molecule has 7 heteroatoms. The second kappa shape index (κ2) is 9.80. The van der Waals surface area contributed by atoms with Crippen LogP contribution < -0.4 is 14.5 Å². The predicted octanol–water partition coefficient (Wildman–Crippen LogP) is 5.20. The molecule has 1 heterocycles. The van der Waals surface area contributed by atoms with E-state index in [0.717, 1.165) is 15.6 Å². The van der Waals surface area contributed by atoms with Crippen molar-refractivity contribution in [3.63, 3.8) is 0 Å². The molecule has 6 nitrogen and oxygen atoms in total. The summed E-state index contributed by atoms with van der Waals surface area (Å²) in [6.07, 6.45) is 1.57. The van der Waals surface area contributed by atoms with Gasteiger partial charge >= 0.3 is 0 Å². The zero-order chi connectivity index (χ0) is 24.1. The summed E-state index contributed by atoms with van der Waals surface area (Å²) < 4.78 is 19.5. The molecule has 34 heavy (non-hydrogen) atoms. The lowest BCUT2D eigenvalue weighted by Crippen LogP contribution is -2.34. The second-order valence-corrected chi connectivity index (χ2v) is 8.71. The summed E-state index contributed by atoms with van der Waals surface area (Å²) in [4.78, 5) is 21.4. The van der Waals surface area contributed by atoms with Crippen molar-refractivity contribution in [3.8, 4) is 22.9 Å². The highest BCUT2D eigenvalue weighted by atomic mass is 19.1. The third-order valence-electron chi connectivity index (χ3n) is 5.21. The van der Waals surface area contributed by atoms with E-state index in [4.69, 9.17) is 4.74 Å². The maximum atomic E-state index is 13.0. The quantitative estimate of drug-likeness (QED) is 0.388. The average molecular weight is 458 g/mol. The summed E-state index contributed by atoms with van der Waals surface area (Å²) in [5.41, 5.74) is 3.23. The Balaban J connectivity index is 1.40. The van der Waals surface area contributed by atoms with Crippen LogP contribution in [0.3, 0.4) is 0 Å². The van der Waals surface area contributed by atoms with Crippen LogP contribution in [0.1, 0.15) is 16.1 Å². The van der Waals surface area contributed by atoms with Crippen LogP contribution in [0.25, 0.3) is 11.4 Å². The van der Waals surface area contributed by atoms with E-state index in [1.54, 1.807) is 36.5 Å². The van der Waals surface area contributed by atoms with Crippen LogP contribution in [0.5, 0.6) is 11.5 Å². The van der Waals surface area contributed by atoms with Crippen LogP contribution in [0.4, 0.5) is 10.1 Å². The summed E-state index contributed by atoms with van der Waals surface area (Å²) in [5.74, 6) is 0.988. The van der Waals surface area contributed by atoms with Crippen molar-refractivity contribution >= 4 is 11.6 Å². The number of carbonyl (C=O) groups is 1. The van der Waals surface area contributed by atoms with E-state index in [2.05, 4.69) is 48.6 Å². The Morgan fingerprint density at radius 1 is 0.882 bits per heavy atom. The zero-order valence-electron chi connectivity index (χ0n) is 19.3. The first-order valence-corrected chi connectivity index (χ1v) is 10.8. The molecule has 4 rings (SSSR count). The lowest BCUT2D eigenvalue weighted by Gasteiger charge is -2.23. The predicted molar refractivity (Wildman–Crippen MR) is 131 cm³/mol. The lowest BCUT2D eigenvalue weighted by atomic mass is 10.2. The molecule has 0 aliphatic heterocycles. The number of ether oxygens (including phenoxy) is 1. The number of benzene rings is 3. The van der Waals surface area contributed by atoms with Crippen molar-refractivity contribution in [3.05, 3.63) is 102 Å². The number of amides is 1. The van der Waals surface area contributed by atoms with Crippen LogP contribution in [0.2, 0.25) is 0 Å². The minimum Gasteiger partial charge on any atom is -0.457 e. The fourth-order valence-electron chi connectivity index (χ4n) is 3.27. The molecule has 0 spiro atoms. The van der Waals surface area contributed by atoms with Crippen molar-refractivity contribution < 1.29 is 13.9 Å². The molecule has 0 fully saturated rings. The highest BCUT2D eigenvalue weighted by Crippen LogP contribution is 2.24. The summed E-state index contributed by atoms with van der Waals surface area (Å²) in [6, 6.07) is 22.7. The highest BCUT2D eigenvalue weighted by molar-refractivity contribution is 5.92. The van der Waals surface area contributed by atoms with Crippen molar-refractivity contribution in [2.75, 3.05) is 21.1 Å². The van der Waals surface area contributed by atoms with Gasteiger partial charge < -0.3 is 10.1 Å². The standard InChI is InChI=1S/C27H25FN4O2/c1-32(2,3)22-10-4-19(5-11-22)18-30-27(33)25-16-17-29-26(31-25)20-6-12-23(13-7-20)34-24-14-8-21(28)9-15-24/h4-17H,18H2,1-3H3/p+1. The summed E-state index contributed by atoms with van der Waals surface area (Å²) in [6.45, 7) is 0.408. The van der Waals surface area contributed by atoms with E-state index in [1.807, 2.05) is 24.3 Å². The Kier molecular flexibility index (Phi) is 6.65. The summed E-state index contributed by atoms with van der Waals surface area (Å²) in [7, 11) is 6.32. The van der Waals surface area contributed by atoms with Gasteiger partial charge in [0.05, 0.1) is 21.1 Å². The number of hydrogen-bond donors (Lipinski definition) is 1. The van der Waals surface area contributed by atoms with Gasteiger partial charge in [-0.1, -0.05) is 12.1 Å². The molecule has 0 radical (unpaired) electrons. The van der Waals surface area contributed by atoms with Crippen LogP contribution in [-0.2, 0) is 6.54 Å². The molecule has 0 saturated carbocycles. The van der Waals surface area contributed by atoms with Gasteiger partial charge in [0.2, 0.25) is 0 Å². The minimum atomic E-state index is -0.318. The molecule has 1 N–H and O–H groups in total. The molecule has 0 atom stereocenters. The maximum absolute atomic E-state index is 13.0. The van der Waals surface area contributed by atoms with Crippen molar-refractivity contribution in [2.24, 2.45) is 0 Å². The third kappa shape index (κ3) is 5.82. The smallest absolute Gasteiger partial charge is 0.270 e. The molecule has 0 saturated heterocycles. The summed E-state index contributed by atoms with van der Waals surface area (Å²) >= 11 is 0. The highest BCUT2D eigenvalue weighted by Gasteiger charge is 2.13. The van der Waals surface area contributed by atoms with Crippen LogP contribution in [-0.4, -0.2) is 37.0 Å². The Labute approximate surface area is 198 Å². The Morgan fingerprint density at radius 3 is 2.12 bits per heavy atom. The normalized spacial score (nSPS) is 11.2. The zero-order valence-corrected chi connectivity index (χ0v) is 19.3. The Morgan fingerprint density at radius 2 is 1.50 bits per heavy atom. The Bertz CT molecular complexity index is 1270. The first-order valence-electron chi connectivity index (χ1n) is 10.8. The van der Waals surface area contributed by atoms with E-state index < -0.39 is 0 Å². The van der Waals surface area contributed by atoms with Gasteiger partial charge in [-0.15, -0.1) is 0 Å². The monoisotopic (exact) mass is 457 g/mol. The molecular formula is C27H26FN4O2+. The number of aromatic nitrogens is 2. The number of nitrogens with zero attached hydrogens (tertiary/aromatic N) is 3. The molecular weight excluding hydrogens is 431 g/mol.